The Labute approximate surface area is 174 Å². The molecule has 2 saturated carbocycles. The summed E-state index contributed by atoms with van der Waals surface area (Å²) in [5, 5.41) is 0. The molecule has 2 aliphatic carbocycles. The van der Waals surface area contributed by atoms with Crippen molar-refractivity contribution in [2.45, 2.75) is 70.6 Å². The van der Waals surface area contributed by atoms with E-state index >= 15 is 0 Å². The first kappa shape index (κ1) is 19.1. The van der Waals surface area contributed by atoms with Gasteiger partial charge in [-0.3, -0.25) is 9.59 Å². The van der Waals surface area contributed by atoms with Gasteiger partial charge in [0.25, 0.3) is 0 Å². The molecule has 156 valence electrons. The van der Waals surface area contributed by atoms with E-state index < -0.39 is 0 Å². The zero-order valence-electron chi connectivity index (χ0n) is 18.0. The van der Waals surface area contributed by atoms with Gasteiger partial charge in [-0.2, -0.15) is 0 Å². The number of amides is 1. The summed E-state index contributed by atoms with van der Waals surface area (Å²) in [7, 11) is 0. The molecule has 0 bridgehead atoms. The number of hydrogen-bond acceptors (Lipinski definition) is 3. The first-order valence-corrected chi connectivity index (χ1v) is 11.2. The van der Waals surface area contributed by atoms with Crippen molar-refractivity contribution in [3.8, 4) is 0 Å². The molecule has 1 aromatic rings. The van der Waals surface area contributed by atoms with Gasteiger partial charge in [0.05, 0.1) is 13.0 Å². The van der Waals surface area contributed by atoms with Gasteiger partial charge in [0.1, 0.15) is 0 Å². The molecule has 5 rings (SSSR count). The van der Waals surface area contributed by atoms with E-state index in [-0.39, 0.29) is 22.7 Å². The second kappa shape index (κ2) is 6.33. The van der Waals surface area contributed by atoms with E-state index in [0.717, 1.165) is 32.4 Å². The van der Waals surface area contributed by atoms with E-state index in [2.05, 4.69) is 49.9 Å². The van der Waals surface area contributed by atoms with Crippen molar-refractivity contribution < 1.29 is 14.3 Å². The Morgan fingerprint density at radius 1 is 1.14 bits per heavy atom. The number of esters is 1. The number of benzene rings is 1. The van der Waals surface area contributed by atoms with Crippen LogP contribution >= 0.6 is 0 Å². The lowest BCUT2D eigenvalue weighted by molar-refractivity contribution is -0.143. The van der Waals surface area contributed by atoms with Crippen LogP contribution in [0.5, 0.6) is 0 Å². The molecule has 2 saturated heterocycles. The Kier molecular flexibility index (Phi) is 4.18. The standard InChI is InChI=1S/C25H33NO3/c1-23(2,3)20-6-4-5-17(9-20)18-10-24(11-18)7-8-26(15-24)22(28)19-12-25(13-19)14-21(27)29-16-25/h4-6,9,18-19H,7-8,10-16H2,1-3H3. The molecule has 0 radical (unpaired) electrons. The lowest BCUT2D eigenvalue weighted by Crippen LogP contribution is -2.48. The Hall–Kier alpha value is -1.84. The number of ether oxygens (including phenoxy) is 1. The number of rotatable bonds is 2. The second-order valence-electron chi connectivity index (χ2n) is 11.4. The summed E-state index contributed by atoms with van der Waals surface area (Å²) < 4.78 is 5.14. The number of likely N-dealkylation sites (tertiary alicyclic amines) is 1. The molecule has 0 unspecified atom stereocenters. The number of cyclic esters (lactones) is 1. The first-order valence-electron chi connectivity index (χ1n) is 11.2. The van der Waals surface area contributed by atoms with Crippen LogP contribution in [0.1, 0.15) is 76.3 Å². The zero-order valence-corrected chi connectivity index (χ0v) is 18.0. The molecule has 4 heteroatoms. The van der Waals surface area contributed by atoms with Gasteiger partial charge in [-0.15, -0.1) is 0 Å². The van der Waals surface area contributed by atoms with E-state index in [4.69, 9.17) is 4.74 Å². The predicted octanol–water partition coefficient (Wildman–Crippen LogP) is 4.42. The van der Waals surface area contributed by atoms with Crippen LogP contribution in [0, 0.1) is 16.7 Å². The summed E-state index contributed by atoms with van der Waals surface area (Å²) in [5.41, 5.74) is 3.39. The molecule has 4 nitrogen and oxygen atoms in total. The lowest BCUT2D eigenvalue weighted by atomic mass is 9.59. The molecule has 0 N–H and O–H groups in total. The normalized spacial score (nSPS) is 36.2. The van der Waals surface area contributed by atoms with Crippen molar-refractivity contribution in [3.05, 3.63) is 35.4 Å². The van der Waals surface area contributed by atoms with Gasteiger partial charge in [0.15, 0.2) is 0 Å². The zero-order chi connectivity index (χ0) is 20.4. The highest BCUT2D eigenvalue weighted by molar-refractivity contribution is 5.81. The molecule has 4 aliphatic rings. The maximum Gasteiger partial charge on any atom is 0.306 e. The van der Waals surface area contributed by atoms with E-state index in [0.29, 0.717) is 30.3 Å². The van der Waals surface area contributed by atoms with Gasteiger partial charge in [0.2, 0.25) is 5.91 Å². The summed E-state index contributed by atoms with van der Waals surface area (Å²) in [4.78, 5) is 26.5. The molecule has 0 atom stereocenters. The monoisotopic (exact) mass is 395 g/mol. The molecule has 0 aromatic heterocycles. The lowest BCUT2D eigenvalue weighted by Gasteiger charge is -2.47. The van der Waals surface area contributed by atoms with Crippen LogP contribution in [0.15, 0.2) is 24.3 Å². The van der Waals surface area contributed by atoms with Crippen LogP contribution in [0.3, 0.4) is 0 Å². The van der Waals surface area contributed by atoms with Crippen LogP contribution in [0.2, 0.25) is 0 Å². The smallest absolute Gasteiger partial charge is 0.306 e. The third-order valence-corrected chi connectivity index (χ3v) is 8.10. The molecule has 2 spiro atoms. The van der Waals surface area contributed by atoms with E-state index in [1.54, 1.807) is 0 Å². The molecule has 1 amide bonds. The highest BCUT2D eigenvalue weighted by Crippen LogP contribution is 2.57. The number of carbonyl (C=O) groups excluding carboxylic acids is 2. The summed E-state index contributed by atoms with van der Waals surface area (Å²) in [5.74, 6) is 0.983. The van der Waals surface area contributed by atoms with Crippen LogP contribution < -0.4 is 0 Å². The minimum absolute atomic E-state index is 0.0194. The van der Waals surface area contributed by atoms with Gasteiger partial charge < -0.3 is 9.64 Å². The maximum absolute atomic E-state index is 13.0. The third kappa shape index (κ3) is 3.29. The van der Waals surface area contributed by atoms with Gasteiger partial charge in [-0.05, 0) is 60.0 Å². The Bertz CT molecular complexity index is 840. The molecular weight excluding hydrogens is 362 g/mol. The number of nitrogens with zero attached hydrogens (tertiary/aromatic N) is 1. The average molecular weight is 396 g/mol. The fourth-order valence-electron chi connectivity index (χ4n) is 6.26. The van der Waals surface area contributed by atoms with Crippen LogP contribution in [0.4, 0.5) is 0 Å². The van der Waals surface area contributed by atoms with Crippen molar-refractivity contribution in [2.24, 2.45) is 16.7 Å². The van der Waals surface area contributed by atoms with Crippen LogP contribution in [-0.2, 0) is 19.7 Å². The number of hydrogen-bond donors (Lipinski definition) is 0. The average Bonchev–Trinajstić information content (AvgIpc) is 3.22. The molecule has 1 aromatic carbocycles. The van der Waals surface area contributed by atoms with Crippen molar-refractivity contribution in [1.29, 1.82) is 0 Å². The van der Waals surface area contributed by atoms with Gasteiger partial charge in [-0.25, -0.2) is 0 Å². The SMILES string of the molecule is CC(C)(C)c1cccc(C2CC3(CCN(C(=O)C4CC5(COC(=O)C5)C4)C3)C2)c1. The summed E-state index contributed by atoms with van der Waals surface area (Å²) >= 11 is 0. The largest absolute Gasteiger partial charge is 0.465 e. The minimum atomic E-state index is -0.0907. The molecule has 4 fully saturated rings. The highest BCUT2D eigenvalue weighted by atomic mass is 16.5. The predicted molar refractivity (Wildman–Crippen MR) is 111 cm³/mol. The molecule has 2 heterocycles. The van der Waals surface area contributed by atoms with Gasteiger partial charge in [0, 0.05) is 24.4 Å². The number of carbonyl (C=O) groups is 2. The first-order chi connectivity index (χ1) is 13.7. The summed E-state index contributed by atoms with van der Waals surface area (Å²) in [6, 6.07) is 9.12. The quantitative estimate of drug-likeness (QED) is 0.696. The Morgan fingerprint density at radius 3 is 2.55 bits per heavy atom. The van der Waals surface area contributed by atoms with E-state index in [1.807, 2.05) is 0 Å². The van der Waals surface area contributed by atoms with Crippen LogP contribution in [-0.4, -0.2) is 36.5 Å². The van der Waals surface area contributed by atoms with E-state index in [1.165, 1.54) is 24.0 Å². The minimum Gasteiger partial charge on any atom is -0.465 e. The topological polar surface area (TPSA) is 46.6 Å². The van der Waals surface area contributed by atoms with Crippen molar-refractivity contribution in [2.75, 3.05) is 19.7 Å². The molecule has 29 heavy (non-hydrogen) atoms. The summed E-state index contributed by atoms with van der Waals surface area (Å²) in [6.45, 7) is 9.18. The fourth-order valence-corrected chi connectivity index (χ4v) is 6.26. The van der Waals surface area contributed by atoms with Crippen molar-refractivity contribution >= 4 is 11.9 Å². The van der Waals surface area contributed by atoms with Gasteiger partial charge in [-0.1, -0.05) is 45.0 Å². The maximum atomic E-state index is 13.0. The van der Waals surface area contributed by atoms with Crippen molar-refractivity contribution in [3.63, 3.8) is 0 Å². The second-order valence-corrected chi connectivity index (χ2v) is 11.4. The van der Waals surface area contributed by atoms with Gasteiger partial charge >= 0.3 is 5.97 Å². The fraction of sp³-hybridized carbons (Fsp3) is 0.680. The Morgan fingerprint density at radius 2 is 1.90 bits per heavy atom. The molecule has 2 aliphatic heterocycles. The van der Waals surface area contributed by atoms with E-state index in [9.17, 15) is 9.59 Å². The highest BCUT2D eigenvalue weighted by Gasteiger charge is 2.55. The Balaban J connectivity index is 1.17. The third-order valence-electron chi connectivity index (χ3n) is 8.10. The molecular formula is C25H33NO3. The van der Waals surface area contributed by atoms with Crippen molar-refractivity contribution in [1.82, 2.24) is 4.90 Å². The van der Waals surface area contributed by atoms with Crippen LogP contribution in [0.25, 0.3) is 0 Å². The summed E-state index contributed by atoms with van der Waals surface area (Å²) in [6.07, 6.45) is 5.75.